The summed E-state index contributed by atoms with van der Waals surface area (Å²) in [5.74, 6) is -0.0845. The fourth-order valence-corrected chi connectivity index (χ4v) is 3.09. The predicted octanol–water partition coefficient (Wildman–Crippen LogP) is 3.20. The number of anilines is 1. The molecule has 1 aliphatic carbocycles. The van der Waals surface area contributed by atoms with Crippen LogP contribution in [0.2, 0.25) is 0 Å². The second-order valence-electron chi connectivity index (χ2n) is 6.44. The van der Waals surface area contributed by atoms with Gasteiger partial charge in [-0.2, -0.15) is 5.10 Å². The molecule has 4 nitrogen and oxygen atoms in total. The first-order chi connectivity index (χ1) is 9.90. The maximum Gasteiger partial charge on any atom is 0.259 e. The molecule has 0 radical (unpaired) electrons. The molecule has 1 N–H and O–H groups in total. The van der Waals surface area contributed by atoms with Crippen LogP contribution in [0.4, 0.5) is 5.69 Å². The van der Waals surface area contributed by atoms with Gasteiger partial charge in [0.05, 0.1) is 11.8 Å². The van der Waals surface area contributed by atoms with Gasteiger partial charge in [0.15, 0.2) is 0 Å². The highest BCUT2D eigenvalue weighted by atomic mass is 16.1. The summed E-state index contributed by atoms with van der Waals surface area (Å²) in [7, 11) is 1.84. The van der Waals surface area contributed by atoms with E-state index in [1.165, 1.54) is 11.1 Å². The molecule has 0 fully saturated rings. The molecule has 0 bridgehead atoms. The van der Waals surface area contributed by atoms with Crippen LogP contribution in [0.15, 0.2) is 24.4 Å². The summed E-state index contributed by atoms with van der Waals surface area (Å²) in [6.45, 7) is 6.42. The molecule has 21 heavy (non-hydrogen) atoms. The number of hydrogen-bond acceptors (Lipinski definition) is 2. The molecule has 0 atom stereocenters. The van der Waals surface area contributed by atoms with Crippen LogP contribution in [0.25, 0.3) is 0 Å². The second kappa shape index (κ2) is 4.72. The monoisotopic (exact) mass is 283 g/mol. The van der Waals surface area contributed by atoms with E-state index in [0.717, 1.165) is 24.2 Å². The zero-order valence-corrected chi connectivity index (χ0v) is 13.0. The summed E-state index contributed by atoms with van der Waals surface area (Å²) in [5.41, 5.74) is 5.26. The molecule has 0 aliphatic heterocycles. The number of carbonyl (C=O) groups excluding carboxylic acids is 1. The number of hydrogen-bond donors (Lipinski definition) is 1. The van der Waals surface area contributed by atoms with Gasteiger partial charge in [-0.1, -0.05) is 26.0 Å². The summed E-state index contributed by atoms with van der Waals surface area (Å²) < 4.78 is 1.72. The Bertz CT molecular complexity index is 713. The van der Waals surface area contributed by atoms with Gasteiger partial charge in [0.25, 0.3) is 5.91 Å². The molecular formula is C17H21N3O. The van der Waals surface area contributed by atoms with Crippen LogP contribution in [0.3, 0.4) is 0 Å². The summed E-state index contributed by atoms with van der Waals surface area (Å²) in [6.07, 6.45) is 3.77. The molecule has 1 aromatic heterocycles. The van der Waals surface area contributed by atoms with Crippen molar-refractivity contribution in [3.05, 3.63) is 46.8 Å². The summed E-state index contributed by atoms with van der Waals surface area (Å²) in [6, 6.07) is 6.19. The van der Waals surface area contributed by atoms with Gasteiger partial charge in [-0.25, -0.2) is 0 Å². The van der Waals surface area contributed by atoms with Gasteiger partial charge in [0.1, 0.15) is 0 Å². The average molecular weight is 283 g/mol. The van der Waals surface area contributed by atoms with Crippen molar-refractivity contribution in [2.75, 3.05) is 5.32 Å². The number of rotatable bonds is 2. The number of carbonyl (C=O) groups is 1. The molecule has 0 saturated heterocycles. The lowest BCUT2D eigenvalue weighted by molar-refractivity contribution is 0.102. The van der Waals surface area contributed by atoms with Gasteiger partial charge in [-0.05, 0) is 42.4 Å². The zero-order chi connectivity index (χ0) is 15.2. The van der Waals surface area contributed by atoms with E-state index < -0.39 is 0 Å². The minimum Gasteiger partial charge on any atom is -0.322 e. The van der Waals surface area contributed by atoms with E-state index in [-0.39, 0.29) is 11.3 Å². The number of benzene rings is 1. The van der Waals surface area contributed by atoms with Gasteiger partial charge in [-0.15, -0.1) is 0 Å². The highest BCUT2D eigenvalue weighted by molar-refractivity contribution is 6.05. The van der Waals surface area contributed by atoms with Crippen LogP contribution in [-0.4, -0.2) is 15.7 Å². The van der Waals surface area contributed by atoms with Crippen molar-refractivity contribution in [3.8, 4) is 0 Å². The van der Waals surface area contributed by atoms with E-state index in [1.54, 1.807) is 10.9 Å². The smallest absolute Gasteiger partial charge is 0.259 e. The van der Waals surface area contributed by atoms with E-state index in [0.29, 0.717) is 5.56 Å². The number of aryl methyl sites for hydroxylation is 1. The molecule has 0 unspecified atom stereocenters. The molecule has 1 heterocycles. The summed E-state index contributed by atoms with van der Waals surface area (Å²) in [5, 5.41) is 7.19. The van der Waals surface area contributed by atoms with Gasteiger partial charge in [-0.3, -0.25) is 9.48 Å². The predicted molar refractivity (Wildman–Crippen MR) is 83.7 cm³/mol. The molecule has 3 rings (SSSR count). The molecule has 1 aromatic carbocycles. The highest BCUT2D eigenvalue weighted by Crippen LogP contribution is 2.41. The summed E-state index contributed by atoms with van der Waals surface area (Å²) in [4.78, 5) is 12.4. The van der Waals surface area contributed by atoms with Crippen molar-refractivity contribution in [2.45, 2.75) is 39.0 Å². The van der Waals surface area contributed by atoms with Crippen molar-refractivity contribution in [1.29, 1.82) is 0 Å². The maximum absolute atomic E-state index is 12.4. The first-order valence-corrected chi connectivity index (χ1v) is 7.32. The average Bonchev–Trinajstić information content (AvgIpc) is 2.92. The normalized spacial score (nSPS) is 15.8. The van der Waals surface area contributed by atoms with E-state index in [2.05, 4.69) is 30.3 Å². The number of aromatic nitrogens is 2. The molecule has 110 valence electrons. The molecule has 1 aliphatic rings. The standard InChI is InChI=1S/C17H21N3O/c1-11-13(10-18-20(11)4)16(21)19-15-7-5-6-14-12(15)8-9-17(14,2)3/h5-7,10H,8-9H2,1-4H3,(H,19,21). The molecule has 2 aromatic rings. The van der Waals surface area contributed by atoms with E-state index in [9.17, 15) is 4.79 Å². The van der Waals surface area contributed by atoms with Gasteiger partial charge in [0.2, 0.25) is 0 Å². The van der Waals surface area contributed by atoms with Gasteiger partial charge < -0.3 is 5.32 Å². The Hall–Kier alpha value is -2.10. The largest absolute Gasteiger partial charge is 0.322 e. The molecule has 4 heteroatoms. The topological polar surface area (TPSA) is 46.9 Å². The quantitative estimate of drug-likeness (QED) is 0.920. The van der Waals surface area contributed by atoms with Crippen molar-refractivity contribution in [2.24, 2.45) is 7.05 Å². The first-order valence-electron chi connectivity index (χ1n) is 7.32. The molecule has 1 amide bonds. The van der Waals surface area contributed by atoms with E-state index >= 15 is 0 Å². The third-order valence-electron chi connectivity index (χ3n) is 4.63. The Labute approximate surface area is 125 Å². The zero-order valence-electron chi connectivity index (χ0n) is 13.0. The SMILES string of the molecule is Cc1c(C(=O)Nc2cccc3c2CCC3(C)C)cnn1C. The third kappa shape index (κ3) is 2.24. The lowest BCUT2D eigenvalue weighted by atomic mass is 9.86. The molecule has 0 saturated carbocycles. The fraction of sp³-hybridized carbons (Fsp3) is 0.412. The Morgan fingerprint density at radius 3 is 2.81 bits per heavy atom. The minimum absolute atomic E-state index is 0.0845. The van der Waals surface area contributed by atoms with Gasteiger partial charge >= 0.3 is 0 Å². The third-order valence-corrected chi connectivity index (χ3v) is 4.63. The lowest BCUT2D eigenvalue weighted by Gasteiger charge is -2.19. The van der Waals surface area contributed by atoms with Crippen LogP contribution in [0.5, 0.6) is 0 Å². The van der Waals surface area contributed by atoms with Crippen molar-refractivity contribution in [3.63, 3.8) is 0 Å². The Morgan fingerprint density at radius 1 is 1.38 bits per heavy atom. The van der Waals surface area contributed by atoms with Crippen molar-refractivity contribution < 1.29 is 4.79 Å². The van der Waals surface area contributed by atoms with Gasteiger partial charge in [0, 0.05) is 18.4 Å². The lowest BCUT2D eigenvalue weighted by Crippen LogP contribution is -2.15. The van der Waals surface area contributed by atoms with Crippen molar-refractivity contribution in [1.82, 2.24) is 9.78 Å². The number of fused-ring (bicyclic) bond motifs is 1. The molecular weight excluding hydrogens is 262 g/mol. The van der Waals surface area contributed by atoms with Crippen LogP contribution < -0.4 is 5.32 Å². The number of amides is 1. The summed E-state index contributed by atoms with van der Waals surface area (Å²) >= 11 is 0. The van der Waals surface area contributed by atoms with Crippen LogP contribution in [0.1, 0.15) is 47.4 Å². The molecule has 0 spiro atoms. The first kappa shape index (κ1) is 13.9. The number of nitrogens with zero attached hydrogens (tertiary/aromatic N) is 2. The van der Waals surface area contributed by atoms with E-state index in [4.69, 9.17) is 0 Å². The minimum atomic E-state index is -0.0845. The van der Waals surface area contributed by atoms with Crippen LogP contribution in [0, 0.1) is 6.92 Å². The van der Waals surface area contributed by atoms with E-state index in [1.807, 2.05) is 26.1 Å². The maximum atomic E-state index is 12.4. The van der Waals surface area contributed by atoms with Crippen molar-refractivity contribution >= 4 is 11.6 Å². The van der Waals surface area contributed by atoms with Crippen LogP contribution >= 0.6 is 0 Å². The van der Waals surface area contributed by atoms with Crippen LogP contribution in [-0.2, 0) is 18.9 Å². The Morgan fingerprint density at radius 2 is 2.14 bits per heavy atom. The second-order valence-corrected chi connectivity index (χ2v) is 6.44. The Balaban J connectivity index is 1.92. The Kier molecular flexibility index (Phi) is 3.12. The highest BCUT2D eigenvalue weighted by Gasteiger charge is 2.31. The number of nitrogens with one attached hydrogen (secondary N) is 1. The fourth-order valence-electron chi connectivity index (χ4n) is 3.09.